The Kier molecular flexibility index (Phi) is 5.61. The van der Waals surface area contributed by atoms with E-state index >= 15 is 0 Å². The molecule has 0 saturated carbocycles. The molecule has 10 heteroatoms. The predicted octanol–water partition coefficient (Wildman–Crippen LogP) is 2.11. The number of piperidine rings is 1. The Morgan fingerprint density at radius 3 is 2.52 bits per heavy atom. The summed E-state index contributed by atoms with van der Waals surface area (Å²) in [6, 6.07) is 8.18. The van der Waals surface area contributed by atoms with Crippen LogP contribution in [0.15, 0.2) is 35.1 Å². The van der Waals surface area contributed by atoms with E-state index in [1.165, 1.54) is 4.57 Å². The average Bonchev–Trinajstić information content (AvgIpc) is 3.01. The van der Waals surface area contributed by atoms with E-state index in [4.69, 9.17) is 10.5 Å². The Morgan fingerprint density at radius 2 is 1.85 bits per heavy atom. The molecule has 4 N–H and O–H groups in total. The fourth-order valence-electron chi connectivity index (χ4n) is 4.08. The topological polar surface area (TPSA) is 136 Å². The number of imide groups is 1. The third kappa shape index (κ3) is 4.55. The van der Waals surface area contributed by atoms with Crippen molar-refractivity contribution in [3.8, 4) is 5.69 Å². The highest BCUT2D eigenvalue weighted by Crippen LogP contribution is 2.24. The van der Waals surface area contributed by atoms with Gasteiger partial charge in [0.1, 0.15) is 11.4 Å². The van der Waals surface area contributed by atoms with Gasteiger partial charge < -0.3 is 20.7 Å². The number of benzene rings is 1. The van der Waals surface area contributed by atoms with E-state index in [-0.39, 0.29) is 29.1 Å². The number of pyridine rings is 1. The van der Waals surface area contributed by atoms with Crippen molar-refractivity contribution in [1.29, 1.82) is 0 Å². The van der Waals surface area contributed by atoms with Crippen LogP contribution in [0.4, 0.5) is 16.3 Å². The zero-order valence-corrected chi connectivity index (χ0v) is 18.8. The highest BCUT2D eigenvalue weighted by molar-refractivity contribution is 6.23. The number of rotatable bonds is 3. The largest absolute Gasteiger partial charge is 0.444 e. The van der Waals surface area contributed by atoms with Crippen molar-refractivity contribution in [2.75, 3.05) is 24.1 Å². The molecule has 4 rings (SSSR count). The zero-order valence-electron chi connectivity index (χ0n) is 18.8. The molecule has 0 bridgehead atoms. The van der Waals surface area contributed by atoms with Crippen molar-refractivity contribution >= 4 is 29.4 Å². The van der Waals surface area contributed by atoms with E-state index in [0.717, 1.165) is 24.6 Å². The highest BCUT2D eigenvalue weighted by Gasteiger charge is 2.32. The van der Waals surface area contributed by atoms with Crippen molar-refractivity contribution in [3.05, 3.63) is 51.8 Å². The molecule has 0 radical (unpaired) electrons. The molecular weight excluding hydrogens is 426 g/mol. The van der Waals surface area contributed by atoms with E-state index < -0.39 is 23.0 Å². The van der Waals surface area contributed by atoms with Gasteiger partial charge in [0.2, 0.25) is 0 Å². The van der Waals surface area contributed by atoms with Gasteiger partial charge in [0.25, 0.3) is 17.4 Å². The number of nitrogens with one attached hydrogen (secondary N) is 2. The van der Waals surface area contributed by atoms with Crippen LogP contribution in [0.5, 0.6) is 0 Å². The number of anilines is 2. The lowest BCUT2D eigenvalue weighted by Gasteiger charge is -2.34. The molecule has 2 aromatic rings. The summed E-state index contributed by atoms with van der Waals surface area (Å²) in [6.45, 7) is 6.71. The highest BCUT2D eigenvalue weighted by atomic mass is 16.6. The van der Waals surface area contributed by atoms with Crippen LogP contribution in [0.1, 0.15) is 54.3 Å². The minimum Gasteiger partial charge on any atom is -0.444 e. The number of nitrogens with two attached hydrogens (primary N) is 1. The maximum absolute atomic E-state index is 12.6. The number of hydrogen-bond acceptors (Lipinski definition) is 7. The SMILES string of the molecule is CC(C)(C)OC(=O)N1CCCC(Nc2ccc(-n3c(N)c4c(cc3=O)C(=O)NC4=O)cc2)C1. The van der Waals surface area contributed by atoms with E-state index in [0.29, 0.717) is 18.8 Å². The molecule has 1 atom stereocenters. The summed E-state index contributed by atoms with van der Waals surface area (Å²) in [5.41, 5.74) is 6.31. The predicted molar refractivity (Wildman–Crippen MR) is 123 cm³/mol. The number of aromatic nitrogens is 1. The van der Waals surface area contributed by atoms with Crippen molar-refractivity contribution in [2.45, 2.75) is 45.3 Å². The van der Waals surface area contributed by atoms with Crippen molar-refractivity contribution in [1.82, 2.24) is 14.8 Å². The number of nitrogens with zero attached hydrogens (tertiary/aromatic N) is 2. The molecule has 2 aliphatic rings. The first-order valence-corrected chi connectivity index (χ1v) is 10.8. The second-order valence-corrected chi connectivity index (χ2v) is 9.23. The first-order valence-electron chi connectivity index (χ1n) is 10.8. The molecule has 3 heterocycles. The third-order valence-corrected chi connectivity index (χ3v) is 5.52. The molecule has 174 valence electrons. The van der Waals surface area contributed by atoms with Crippen LogP contribution < -0.4 is 21.9 Å². The number of carbonyl (C=O) groups excluding carboxylic acids is 3. The molecule has 1 fully saturated rings. The van der Waals surface area contributed by atoms with Gasteiger partial charge in [-0.15, -0.1) is 0 Å². The number of carbonyl (C=O) groups is 3. The second-order valence-electron chi connectivity index (χ2n) is 9.23. The van der Waals surface area contributed by atoms with Crippen LogP contribution in [-0.2, 0) is 4.74 Å². The van der Waals surface area contributed by atoms with Crippen LogP contribution in [0.25, 0.3) is 5.69 Å². The Morgan fingerprint density at radius 1 is 1.15 bits per heavy atom. The molecular formula is C23H27N5O5. The van der Waals surface area contributed by atoms with Gasteiger partial charge >= 0.3 is 6.09 Å². The number of ether oxygens (including phenoxy) is 1. The fourth-order valence-corrected chi connectivity index (χ4v) is 4.08. The van der Waals surface area contributed by atoms with E-state index in [2.05, 4.69) is 10.6 Å². The van der Waals surface area contributed by atoms with Crippen molar-refractivity contribution in [3.63, 3.8) is 0 Å². The van der Waals surface area contributed by atoms with Crippen molar-refractivity contribution in [2.24, 2.45) is 0 Å². The summed E-state index contributed by atoms with van der Waals surface area (Å²) in [4.78, 5) is 50.5. The van der Waals surface area contributed by atoms with Crippen LogP contribution in [0.2, 0.25) is 0 Å². The smallest absolute Gasteiger partial charge is 0.410 e. The summed E-state index contributed by atoms with van der Waals surface area (Å²) in [5, 5.41) is 5.56. The fraction of sp³-hybridized carbons (Fsp3) is 0.391. The quantitative estimate of drug-likeness (QED) is 0.606. The Bertz CT molecular complexity index is 1180. The Balaban J connectivity index is 1.49. The number of amides is 3. The molecule has 1 unspecified atom stereocenters. The summed E-state index contributed by atoms with van der Waals surface area (Å²) >= 11 is 0. The van der Waals surface area contributed by atoms with E-state index in [1.807, 2.05) is 20.8 Å². The van der Waals surface area contributed by atoms with E-state index in [9.17, 15) is 19.2 Å². The maximum atomic E-state index is 12.6. The summed E-state index contributed by atoms with van der Waals surface area (Å²) < 4.78 is 6.67. The maximum Gasteiger partial charge on any atom is 0.410 e. The summed E-state index contributed by atoms with van der Waals surface area (Å²) in [7, 11) is 0. The molecule has 2 aliphatic heterocycles. The minimum atomic E-state index is -0.626. The molecule has 10 nitrogen and oxygen atoms in total. The van der Waals surface area contributed by atoms with Gasteiger partial charge in [0.15, 0.2) is 0 Å². The molecule has 33 heavy (non-hydrogen) atoms. The van der Waals surface area contributed by atoms with Gasteiger partial charge in [-0.05, 0) is 57.9 Å². The lowest BCUT2D eigenvalue weighted by atomic mass is 10.1. The monoisotopic (exact) mass is 453 g/mol. The van der Waals surface area contributed by atoms with Gasteiger partial charge in [-0.3, -0.25) is 24.3 Å². The average molecular weight is 453 g/mol. The molecule has 3 amide bonds. The summed E-state index contributed by atoms with van der Waals surface area (Å²) in [5.74, 6) is -1.33. The molecule has 0 spiro atoms. The molecule has 1 aromatic carbocycles. The normalized spacial score (nSPS) is 18.0. The zero-order chi connectivity index (χ0) is 23.9. The number of hydrogen-bond donors (Lipinski definition) is 3. The van der Waals surface area contributed by atoms with Gasteiger partial charge in [-0.1, -0.05) is 0 Å². The van der Waals surface area contributed by atoms with Gasteiger partial charge in [0.05, 0.1) is 16.8 Å². The number of fused-ring (bicyclic) bond motifs is 1. The van der Waals surface area contributed by atoms with Crippen LogP contribution in [-0.4, -0.2) is 52.1 Å². The lowest BCUT2D eigenvalue weighted by molar-refractivity contribution is 0.0206. The second kappa shape index (κ2) is 8.27. The van der Waals surface area contributed by atoms with Crippen LogP contribution in [0, 0.1) is 0 Å². The standard InChI is InChI=1S/C23H27N5O5/c1-23(2,3)33-22(32)27-10-4-5-14(12-27)25-13-6-8-15(9-7-13)28-17(29)11-16-18(19(28)24)21(31)26-20(16)30/h6-9,11,14,25H,4-5,10,12,24H2,1-3H3,(H,26,30,31). The first-order chi connectivity index (χ1) is 15.5. The van der Waals surface area contributed by atoms with Crippen LogP contribution in [0.3, 0.4) is 0 Å². The van der Waals surface area contributed by atoms with Crippen LogP contribution >= 0.6 is 0 Å². The van der Waals surface area contributed by atoms with Gasteiger partial charge in [0, 0.05) is 30.9 Å². The third-order valence-electron chi connectivity index (χ3n) is 5.52. The van der Waals surface area contributed by atoms with E-state index in [1.54, 1.807) is 29.2 Å². The Labute approximate surface area is 190 Å². The lowest BCUT2D eigenvalue weighted by Crippen LogP contribution is -2.46. The molecule has 1 saturated heterocycles. The van der Waals surface area contributed by atoms with Gasteiger partial charge in [-0.25, -0.2) is 4.79 Å². The summed E-state index contributed by atoms with van der Waals surface area (Å²) in [6.07, 6.45) is 1.44. The number of likely N-dealkylation sites (tertiary alicyclic amines) is 1. The molecule has 0 aliphatic carbocycles. The minimum absolute atomic E-state index is 0.00578. The Hall–Kier alpha value is -3.82. The molecule has 1 aromatic heterocycles. The number of nitrogen functional groups attached to an aromatic ring is 1. The first kappa shape index (κ1) is 22.4. The van der Waals surface area contributed by atoms with Gasteiger partial charge in [-0.2, -0.15) is 0 Å². The van der Waals surface area contributed by atoms with Crippen molar-refractivity contribution < 1.29 is 19.1 Å².